The molecule has 1 rings (SSSR count). The summed E-state index contributed by atoms with van der Waals surface area (Å²) in [6.45, 7) is 6.85. The van der Waals surface area contributed by atoms with Gasteiger partial charge in [-0.05, 0) is 36.5 Å². The molecule has 0 aliphatic heterocycles. The zero-order valence-corrected chi connectivity index (χ0v) is 14.3. The van der Waals surface area contributed by atoms with E-state index in [0.29, 0.717) is 19.5 Å². The number of carbonyl (C=O) groups is 1. The van der Waals surface area contributed by atoms with Crippen molar-refractivity contribution >= 4 is 11.7 Å². The van der Waals surface area contributed by atoms with Crippen LogP contribution in [0.3, 0.4) is 0 Å². The van der Waals surface area contributed by atoms with Crippen LogP contribution in [-0.2, 0) is 6.54 Å². The smallest absolute Gasteiger partial charge is 0.315 e. The maximum Gasteiger partial charge on any atom is 0.315 e. The maximum absolute atomic E-state index is 11.8. The second-order valence-corrected chi connectivity index (χ2v) is 6.81. The summed E-state index contributed by atoms with van der Waals surface area (Å²) in [7, 11) is 3.99. The molecule has 0 heterocycles. The Morgan fingerprint density at radius 1 is 1.23 bits per heavy atom. The molecule has 124 valence electrons. The molecule has 1 aromatic carbocycles. The number of urea groups is 1. The molecule has 1 atom stereocenters. The van der Waals surface area contributed by atoms with Crippen molar-refractivity contribution in [3.8, 4) is 0 Å². The summed E-state index contributed by atoms with van der Waals surface area (Å²) < 4.78 is 0. The number of benzene rings is 1. The maximum atomic E-state index is 11.8. The fourth-order valence-electron chi connectivity index (χ4n) is 2.35. The van der Waals surface area contributed by atoms with Gasteiger partial charge < -0.3 is 20.6 Å². The molecule has 0 fully saturated rings. The lowest BCUT2D eigenvalue weighted by molar-refractivity contribution is 0.129. The van der Waals surface area contributed by atoms with E-state index in [1.807, 2.05) is 57.1 Å². The zero-order chi connectivity index (χ0) is 16.8. The van der Waals surface area contributed by atoms with Crippen molar-refractivity contribution < 1.29 is 9.90 Å². The molecule has 22 heavy (non-hydrogen) atoms. The van der Waals surface area contributed by atoms with E-state index >= 15 is 0 Å². The van der Waals surface area contributed by atoms with Crippen LogP contribution in [0, 0.1) is 5.41 Å². The lowest BCUT2D eigenvalue weighted by Gasteiger charge is -2.26. The number of aliphatic hydroxyl groups excluding tert-OH is 1. The topological polar surface area (TPSA) is 64.6 Å². The van der Waals surface area contributed by atoms with Gasteiger partial charge in [-0.1, -0.05) is 26.0 Å². The standard InChI is InChI=1S/C17H29N3O2/c1-13(21)10-17(2,3)12-19-16(22)18-11-14-6-8-15(9-7-14)20(4)5/h6-9,13,21H,10-12H2,1-5H3,(H2,18,19,22). The third-order valence-electron chi connectivity index (χ3n) is 3.48. The van der Waals surface area contributed by atoms with Gasteiger partial charge in [-0.25, -0.2) is 4.79 Å². The summed E-state index contributed by atoms with van der Waals surface area (Å²) >= 11 is 0. The number of nitrogens with one attached hydrogen (secondary N) is 2. The molecule has 2 amide bonds. The number of aliphatic hydroxyl groups is 1. The number of nitrogens with zero attached hydrogens (tertiary/aromatic N) is 1. The van der Waals surface area contributed by atoms with Crippen molar-refractivity contribution in [3.05, 3.63) is 29.8 Å². The van der Waals surface area contributed by atoms with Crippen LogP contribution in [-0.4, -0.2) is 37.9 Å². The van der Waals surface area contributed by atoms with Gasteiger partial charge in [-0.15, -0.1) is 0 Å². The number of amides is 2. The van der Waals surface area contributed by atoms with Crippen LogP contribution < -0.4 is 15.5 Å². The van der Waals surface area contributed by atoms with Crippen LogP contribution in [0.25, 0.3) is 0 Å². The van der Waals surface area contributed by atoms with Gasteiger partial charge in [0.1, 0.15) is 0 Å². The molecule has 0 spiro atoms. The summed E-state index contributed by atoms with van der Waals surface area (Å²) in [6.07, 6.45) is 0.286. The first-order chi connectivity index (χ1) is 10.2. The monoisotopic (exact) mass is 307 g/mol. The highest BCUT2D eigenvalue weighted by molar-refractivity contribution is 5.73. The summed E-state index contributed by atoms with van der Waals surface area (Å²) in [5, 5.41) is 15.1. The highest BCUT2D eigenvalue weighted by Gasteiger charge is 2.20. The van der Waals surface area contributed by atoms with Gasteiger partial charge in [-0.2, -0.15) is 0 Å². The minimum atomic E-state index is -0.366. The van der Waals surface area contributed by atoms with Gasteiger partial charge in [0, 0.05) is 32.9 Å². The number of anilines is 1. The molecule has 0 bridgehead atoms. The largest absolute Gasteiger partial charge is 0.393 e. The second kappa shape index (κ2) is 8.03. The van der Waals surface area contributed by atoms with E-state index in [2.05, 4.69) is 10.6 Å². The normalized spacial score (nSPS) is 12.6. The first kappa shape index (κ1) is 18.3. The molecule has 1 unspecified atom stereocenters. The number of carbonyl (C=O) groups excluding carboxylic acids is 1. The Balaban J connectivity index is 2.37. The van der Waals surface area contributed by atoms with E-state index in [1.165, 1.54) is 0 Å². The molecule has 0 saturated heterocycles. The Morgan fingerprint density at radius 2 is 1.82 bits per heavy atom. The molecule has 0 aromatic heterocycles. The number of hydrogen-bond donors (Lipinski definition) is 3. The van der Waals surface area contributed by atoms with Gasteiger partial charge >= 0.3 is 6.03 Å². The minimum absolute atomic E-state index is 0.126. The SMILES string of the molecule is CC(O)CC(C)(C)CNC(=O)NCc1ccc(N(C)C)cc1. The highest BCUT2D eigenvalue weighted by atomic mass is 16.3. The molecule has 5 nitrogen and oxygen atoms in total. The predicted molar refractivity (Wildman–Crippen MR) is 91.1 cm³/mol. The van der Waals surface area contributed by atoms with Crippen LogP contribution in [0.15, 0.2) is 24.3 Å². The van der Waals surface area contributed by atoms with Crippen LogP contribution in [0.2, 0.25) is 0 Å². The molecule has 5 heteroatoms. The van der Waals surface area contributed by atoms with Crippen molar-refractivity contribution in [2.45, 2.75) is 39.8 Å². The molecule has 0 saturated carbocycles. The minimum Gasteiger partial charge on any atom is -0.393 e. The van der Waals surface area contributed by atoms with Crippen molar-refractivity contribution in [2.75, 3.05) is 25.5 Å². The Morgan fingerprint density at radius 3 is 2.32 bits per heavy atom. The summed E-state index contributed by atoms with van der Waals surface area (Å²) in [5.74, 6) is 0. The first-order valence-corrected chi connectivity index (χ1v) is 7.66. The lowest BCUT2D eigenvalue weighted by Crippen LogP contribution is -2.41. The van der Waals surface area contributed by atoms with Gasteiger partial charge in [0.25, 0.3) is 0 Å². The van der Waals surface area contributed by atoms with Crippen LogP contribution >= 0.6 is 0 Å². The predicted octanol–water partition coefficient (Wildman–Crippen LogP) is 2.35. The fraction of sp³-hybridized carbons (Fsp3) is 0.588. The zero-order valence-electron chi connectivity index (χ0n) is 14.3. The molecular weight excluding hydrogens is 278 g/mol. The third kappa shape index (κ3) is 6.80. The molecular formula is C17H29N3O2. The average Bonchev–Trinajstić information content (AvgIpc) is 2.42. The number of hydrogen-bond acceptors (Lipinski definition) is 3. The second-order valence-electron chi connectivity index (χ2n) is 6.81. The molecule has 1 aromatic rings. The van der Waals surface area contributed by atoms with Crippen LogP contribution in [0.1, 0.15) is 32.8 Å². The third-order valence-corrected chi connectivity index (χ3v) is 3.48. The molecule has 3 N–H and O–H groups in total. The van der Waals surface area contributed by atoms with Crippen molar-refractivity contribution in [1.29, 1.82) is 0 Å². The first-order valence-electron chi connectivity index (χ1n) is 7.66. The highest BCUT2D eigenvalue weighted by Crippen LogP contribution is 2.20. The summed E-state index contributed by atoms with van der Waals surface area (Å²) in [5.41, 5.74) is 2.07. The van der Waals surface area contributed by atoms with Gasteiger partial charge in [-0.3, -0.25) is 0 Å². The Kier molecular flexibility index (Phi) is 6.68. The average molecular weight is 307 g/mol. The number of rotatable bonds is 7. The van der Waals surface area contributed by atoms with E-state index < -0.39 is 0 Å². The van der Waals surface area contributed by atoms with Gasteiger partial charge in [0.15, 0.2) is 0 Å². The Hall–Kier alpha value is -1.75. The van der Waals surface area contributed by atoms with Crippen molar-refractivity contribution in [3.63, 3.8) is 0 Å². The van der Waals surface area contributed by atoms with E-state index in [-0.39, 0.29) is 17.6 Å². The van der Waals surface area contributed by atoms with Crippen LogP contribution in [0.4, 0.5) is 10.5 Å². The quantitative estimate of drug-likeness (QED) is 0.724. The molecule has 0 radical (unpaired) electrons. The fourth-order valence-corrected chi connectivity index (χ4v) is 2.35. The van der Waals surface area contributed by atoms with E-state index in [0.717, 1.165) is 11.3 Å². The summed E-state index contributed by atoms with van der Waals surface area (Å²) in [6, 6.07) is 7.89. The summed E-state index contributed by atoms with van der Waals surface area (Å²) in [4.78, 5) is 13.9. The Bertz CT molecular complexity index is 467. The van der Waals surface area contributed by atoms with E-state index in [1.54, 1.807) is 6.92 Å². The lowest BCUT2D eigenvalue weighted by atomic mass is 9.87. The Labute approximate surface area is 133 Å². The van der Waals surface area contributed by atoms with Gasteiger partial charge in [0.05, 0.1) is 6.10 Å². The van der Waals surface area contributed by atoms with Crippen molar-refractivity contribution in [2.24, 2.45) is 5.41 Å². The molecule has 0 aliphatic rings. The van der Waals surface area contributed by atoms with Crippen molar-refractivity contribution in [1.82, 2.24) is 10.6 Å². The van der Waals surface area contributed by atoms with E-state index in [4.69, 9.17) is 0 Å². The van der Waals surface area contributed by atoms with Gasteiger partial charge in [0.2, 0.25) is 0 Å². The van der Waals surface area contributed by atoms with E-state index in [9.17, 15) is 9.90 Å². The molecule has 0 aliphatic carbocycles. The van der Waals surface area contributed by atoms with Crippen LogP contribution in [0.5, 0.6) is 0 Å².